The van der Waals surface area contributed by atoms with E-state index < -0.39 is 35.6 Å². The van der Waals surface area contributed by atoms with E-state index >= 15 is 0 Å². The van der Waals surface area contributed by atoms with Crippen LogP contribution in [0, 0.1) is 0 Å². The molecule has 1 N–H and O–H groups in total. The number of rotatable bonds is 2. The first-order valence-corrected chi connectivity index (χ1v) is 3.38. The third kappa shape index (κ3) is 2.47. The molecule has 0 atom stereocenters. The third-order valence-corrected chi connectivity index (χ3v) is 1.46. The molecule has 0 saturated carbocycles. The number of carbonyl (C=O) groups is 1. The number of halogens is 9. The minimum Gasteiger partial charge on any atom is -0.476 e. The van der Waals surface area contributed by atoms with E-state index in [1.165, 1.54) is 0 Å². The number of alkyl halides is 7. The Labute approximate surface area is 86.3 Å². The standard InChI is InChI=1S/C6HF9O2/c7-1(3(16)17)2(8)4(9,5(10,11)12)6(13,14)15/h(H,16,17)/b2-1+. The molecule has 0 aliphatic rings. The van der Waals surface area contributed by atoms with E-state index in [1.54, 1.807) is 0 Å². The lowest BCUT2D eigenvalue weighted by molar-refractivity contribution is -0.331. The van der Waals surface area contributed by atoms with Crippen molar-refractivity contribution in [1.82, 2.24) is 0 Å². The van der Waals surface area contributed by atoms with Gasteiger partial charge in [0, 0.05) is 0 Å². The van der Waals surface area contributed by atoms with Gasteiger partial charge in [0.25, 0.3) is 0 Å². The predicted octanol–water partition coefficient (Wildman–Crippen LogP) is 3.05. The summed E-state index contributed by atoms with van der Waals surface area (Å²) in [6.45, 7) is 0. The lowest BCUT2D eigenvalue weighted by atomic mass is 10.0. The normalized spacial score (nSPS) is 15.6. The SMILES string of the molecule is O=C(O)/C(F)=C(\F)C(F)(C(F)(F)F)C(F)(F)F. The van der Waals surface area contributed by atoms with Gasteiger partial charge in [0.05, 0.1) is 0 Å². The van der Waals surface area contributed by atoms with Gasteiger partial charge in [0.1, 0.15) is 0 Å². The first kappa shape index (κ1) is 15.6. The summed E-state index contributed by atoms with van der Waals surface area (Å²) in [6, 6.07) is 0. The second-order valence-corrected chi connectivity index (χ2v) is 2.59. The first-order valence-electron chi connectivity index (χ1n) is 3.38. The van der Waals surface area contributed by atoms with Crippen molar-refractivity contribution in [3.63, 3.8) is 0 Å². The second kappa shape index (κ2) is 4.11. The Kier molecular flexibility index (Phi) is 3.77. The molecule has 0 fully saturated rings. The zero-order chi connectivity index (χ0) is 14.2. The number of allylic oxidation sites excluding steroid dienone is 1. The zero-order valence-corrected chi connectivity index (χ0v) is 7.26. The van der Waals surface area contributed by atoms with Gasteiger partial charge in [0.2, 0.25) is 5.83 Å². The molecular weight excluding hydrogens is 275 g/mol. The summed E-state index contributed by atoms with van der Waals surface area (Å²) in [6.07, 6.45) is -13.8. The van der Waals surface area contributed by atoms with Crippen LogP contribution in [0.15, 0.2) is 11.7 Å². The van der Waals surface area contributed by atoms with E-state index in [1.807, 2.05) is 0 Å². The summed E-state index contributed by atoms with van der Waals surface area (Å²) in [4.78, 5) is 9.67. The van der Waals surface area contributed by atoms with E-state index in [2.05, 4.69) is 0 Å². The monoisotopic (exact) mass is 276 g/mol. The molecule has 0 unspecified atom stereocenters. The first-order chi connectivity index (χ1) is 7.26. The Hall–Kier alpha value is -1.42. The summed E-state index contributed by atoms with van der Waals surface area (Å²) in [5.74, 6) is -10.7. The molecule has 0 aliphatic carbocycles. The maximum atomic E-state index is 12.6. The van der Waals surface area contributed by atoms with E-state index in [0.717, 1.165) is 0 Å². The van der Waals surface area contributed by atoms with Crippen molar-refractivity contribution in [2.75, 3.05) is 0 Å². The molecule has 0 spiro atoms. The van der Waals surface area contributed by atoms with Gasteiger partial charge in [-0.1, -0.05) is 0 Å². The molecule has 0 saturated heterocycles. The van der Waals surface area contributed by atoms with Gasteiger partial charge in [-0.05, 0) is 0 Å². The van der Waals surface area contributed by atoms with Gasteiger partial charge in [-0.25, -0.2) is 13.6 Å². The highest BCUT2D eigenvalue weighted by atomic mass is 19.4. The number of carboxylic acids is 1. The minimum atomic E-state index is -6.90. The van der Waals surface area contributed by atoms with E-state index in [4.69, 9.17) is 5.11 Å². The van der Waals surface area contributed by atoms with Crippen LogP contribution < -0.4 is 0 Å². The number of carboxylic acid groups (broad SMARTS) is 1. The highest BCUT2D eigenvalue weighted by Crippen LogP contribution is 2.51. The number of aliphatic carboxylic acids is 1. The summed E-state index contributed by atoms with van der Waals surface area (Å²) in [5.41, 5.74) is -6.71. The highest BCUT2D eigenvalue weighted by molar-refractivity contribution is 5.85. The highest BCUT2D eigenvalue weighted by Gasteiger charge is 2.76. The van der Waals surface area contributed by atoms with Gasteiger partial charge in [0.15, 0.2) is 5.83 Å². The van der Waals surface area contributed by atoms with Crippen molar-refractivity contribution in [2.24, 2.45) is 0 Å². The van der Waals surface area contributed by atoms with Gasteiger partial charge < -0.3 is 5.11 Å². The molecule has 100 valence electrons. The van der Waals surface area contributed by atoms with Crippen LogP contribution in [-0.2, 0) is 4.79 Å². The predicted molar refractivity (Wildman–Crippen MR) is 32.8 cm³/mol. The van der Waals surface area contributed by atoms with Crippen molar-refractivity contribution in [3.8, 4) is 0 Å². The molecule has 0 bridgehead atoms. The molecule has 0 aromatic carbocycles. The molecule has 0 aromatic heterocycles. The van der Waals surface area contributed by atoms with E-state index in [0.29, 0.717) is 0 Å². The van der Waals surface area contributed by atoms with Crippen LogP contribution in [0.5, 0.6) is 0 Å². The Bertz CT molecular complexity index is 335. The fourth-order valence-corrected chi connectivity index (χ4v) is 0.655. The molecule has 0 heterocycles. The van der Waals surface area contributed by atoms with Gasteiger partial charge >= 0.3 is 24.0 Å². The topological polar surface area (TPSA) is 37.3 Å². The number of hydrogen-bond acceptors (Lipinski definition) is 1. The molecule has 0 amide bonds. The van der Waals surface area contributed by atoms with Crippen LogP contribution in [-0.4, -0.2) is 29.1 Å². The Morgan fingerprint density at radius 3 is 1.29 bits per heavy atom. The van der Waals surface area contributed by atoms with Crippen LogP contribution in [0.25, 0.3) is 0 Å². The van der Waals surface area contributed by atoms with Crippen molar-refractivity contribution in [1.29, 1.82) is 0 Å². The smallest absolute Gasteiger partial charge is 0.438 e. The second-order valence-electron chi connectivity index (χ2n) is 2.59. The van der Waals surface area contributed by atoms with Crippen LogP contribution in [0.1, 0.15) is 0 Å². The zero-order valence-electron chi connectivity index (χ0n) is 7.26. The summed E-state index contributed by atoms with van der Waals surface area (Å²) < 4.78 is 108. The Morgan fingerprint density at radius 2 is 1.12 bits per heavy atom. The van der Waals surface area contributed by atoms with Crippen LogP contribution in [0.4, 0.5) is 39.5 Å². The quantitative estimate of drug-likeness (QED) is 0.621. The van der Waals surface area contributed by atoms with Crippen molar-refractivity contribution in [2.45, 2.75) is 18.0 Å². The summed E-state index contributed by atoms with van der Waals surface area (Å²) >= 11 is 0. The van der Waals surface area contributed by atoms with Crippen LogP contribution in [0.3, 0.4) is 0 Å². The molecule has 11 heteroatoms. The maximum Gasteiger partial charge on any atom is 0.438 e. The van der Waals surface area contributed by atoms with Gasteiger partial charge in [-0.3, -0.25) is 0 Å². The maximum absolute atomic E-state index is 12.6. The average molecular weight is 276 g/mol. The Balaban J connectivity index is 6.04. The fraction of sp³-hybridized carbons (Fsp3) is 0.500. The molecule has 17 heavy (non-hydrogen) atoms. The Morgan fingerprint density at radius 1 is 0.824 bits per heavy atom. The fourth-order valence-electron chi connectivity index (χ4n) is 0.655. The summed E-state index contributed by atoms with van der Waals surface area (Å²) in [7, 11) is 0. The third-order valence-electron chi connectivity index (χ3n) is 1.46. The van der Waals surface area contributed by atoms with Crippen LogP contribution >= 0.6 is 0 Å². The van der Waals surface area contributed by atoms with E-state index in [9.17, 15) is 44.3 Å². The summed E-state index contributed by atoms with van der Waals surface area (Å²) in [5, 5.41) is 7.67. The molecule has 0 radical (unpaired) electrons. The lowest BCUT2D eigenvalue weighted by Gasteiger charge is -2.28. The van der Waals surface area contributed by atoms with Crippen LogP contribution in [0.2, 0.25) is 0 Å². The molecular formula is C6HF9O2. The van der Waals surface area contributed by atoms with Crippen molar-refractivity contribution >= 4 is 5.97 Å². The molecule has 2 nitrogen and oxygen atoms in total. The van der Waals surface area contributed by atoms with Crippen molar-refractivity contribution < 1.29 is 49.4 Å². The minimum absolute atomic E-state index is 3.10. The van der Waals surface area contributed by atoms with Gasteiger partial charge in [-0.15, -0.1) is 0 Å². The van der Waals surface area contributed by atoms with Gasteiger partial charge in [-0.2, -0.15) is 30.7 Å². The van der Waals surface area contributed by atoms with E-state index in [-0.39, 0.29) is 0 Å². The average Bonchev–Trinajstić information content (AvgIpc) is 2.10. The number of hydrogen-bond donors (Lipinski definition) is 1. The van der Waals surface area contributed by atoms with Crippen molar-refractivity contribution in [3.05, 3.63) is 11.7 Å². The largest absolute Gasteiger partial charge is 0.476 e. The lowest BCUT2D eigenvalue weighted by Crippen LogP contribution is -2.54. The molecule has 0 aromatic rings. The molecule has 0 aliphatic heterocycles. The molecule has 0 rings (SSSR count).